The number of nitrogens with one attached hydrogen (secondary N) is 2. The van der Waals surface area contributed by atoms with Crippen LogP contribution < -0.4 is 15.4 Å². The molecule has 8 heteroatoms. The molecule has 0 unspecified atom stereocenters. The number of aromatic nitrogens is 1. The second-order valence-corrected chi connectivity index (χ2v) is 8.16. The molecule has 154 valence electrons. The predicted molar refractivity (Wildman–Crippen MR) is 115 cm³/mol. The number of anilines is 1. The van der Waals surface area contributed by atoms with E-state index in [1.807, 2.05) is 12.1 Å². The van der Waals surface area contributed by atoms with E-state index >= 15 is 0 Å². The number of rotatable bonds is 5. The number of thioether (sulfide) groups is 1. The standard InChI is InChI=1S/C22H20FN3O3S/c1-29-20-9-6-14-10-15(7-8-17(14)25-20)24-21(27)18-12-30-19(22(28)26-18)11-13-4-2-3-5-16(13)23/h2-10,18-19H,11-12H2,1H3,(H,24,27)(H,26,28)/t18-,19-/m1/s1. The Bertz CT molecular complexity index is 1110. The Kier molecular flexibility index (Phi) is 5.85. The van der Waals surface area contributed by atoms with Crippen LogP contribution in [0.1, 0.15) is 5.56 Å². The van der Waals surface area contributed by atoms with Gasteiger partial charge in [-0.05, 0) is 42.3 Å². The molecule has 1 saturated heterocycles. The highest BCUT2D eigenvalue weighted by Crippen LogP contribution is 2.25. The van der Waals surface area contributed by atoms with Crippen molar-refractivity contribution in [3.05, 3.63) is 66.0 Å². The molecule has 0 radical (unpaired) electrons. The first-order chi connectivity index (χ1) is 14.5. The molecule has 6 nitrogen and oxygen atoms in total. The number of carbonyl (C=O) groups is 2. The van der Waals surface area contributed by atoms with Gasteiger partial charge in [0, 0.05) is 22.9 Å². The summed E-state index contributed by atoms with van der Waals surface area (Å²) in [6, 6.07) is 14.8. The van der Waals surface area contributed by atoms with Gasteiger partial charge in [0.15, 0.2) is 0 Å². The van der Waals surface area contributed by atoms with Gasteiger partial charge in [-0.1, -0.05) is 18.2 Å². The number of fused-ring (bicyclic) bond motifs is 1. The lowest BCUT2D eigenvalue weighted by Gasteiger charge is -2.28. The highest BCUT2D eigenvalue weighted by atomic mass is 32.2. The van der Waals surface area contributed by atoms with E-state index in [4.69, 9.17) is 4.74 Å². The van der Waals surface area contributed by atoms with Crippen molar-refractivity contribution in [2.24, 2.45) is 0 Å². The second kappa shape index (κ2) is 8.71. The Morgan fingerprint density at radius 1 is 1.27 bits per heavy atom. The van der Waals surface area contributed by atoms with E-state index in [1.165, 1.54) is 17.8 Å². The van der Waals surface area contributed by atoms with Crippen molar-refractivity contribution in [2.75, 3.05) is 18.2 Å². The molecule has 4 rings (SSSR count). The van der Waals surface area contributed by atoms with Crippen LogP contribution >= 0.6 is 11.8 Å². The third kappa shape index (κ3) is 4.38. The molecule has 1 aromatic heterocycles. The fourth-order valence-electron chi connectivity index (χ4n) is 3.28. The van der Waals surface area contributed by atoms with Gasteiger partial charge in [-0.15, -0.1) is 11.8 Å². The van der Waals surface area contributed by atoms with Gasteiger partial charge in [0.05, 0.1) is 17.9 Å². The first-order valence-electron chi connectivity index (χ1n) is 9.44. The fraction of sp³-hybridized carbons (Fsp3) is 0.227. The molecule has 2 atom stereocenters. The summed E-state index contributed by atoms with van der Waals surface area (Å²) in [6.45, 7) is 0. The number of nitrogens with zero attached hydrogens (tertiary/aromatic N) is 1. The summed E-state index contributed by atoms with van der Waals surface area (Å²) < 4.78 is 19.0. The molecule has 3 aromatic rings. The summed E-state index contributed by atoms with van der Waals surface area (Å²) in [6.07, 6.45) is 0.290. The quantitative estimate of drug-likeness (QED) is 0.656. The second-order valence-electron chi connectivity index (χ2n) is 6.93. The van der Waals surface area contributed by atoms with Crippen molar-refractivity contribution in [3.8, 4) is 5.88 Å². The van der Waals surface area contributed by atoms with E-state index < -0.39 is 11.3 Å². The Morgan fingerprint density at radius 3 is 2.87 bits per heavy atom. The Morgan fingerprint density at radius 2 is 2.10 bits per heavy atom. The van der Waals surface area contributed by atoms with Crippen LogP contribution in [-0.2, 0) is 16.0 Å². The van der Waals surface area contributed by atoms with Crippen LogP contribution in [0.5, 0.6) is 5.88 Å². The number of benzene rings is 2. The molecule has 2 N–H and O–H groups in total. The average molecular weight is 425 g/mol. The summed E-state index contributed by atoms with van der Waals surface area (Å²) in [5.41, 5.74) is 1.87. The monoisotopic (exact) mass is 425 g/mol. The molecule has 1 aliphatic heterocycles. The molecule has 1 fully saturated rings. The lowest BCUT2D eigenvalue weighted by molar-refractivity contribution is -0.126. The van der Waals surface area contributed by atoms with Crippen LogP contribution in [0, 0.1) is 5.82 Å². The van der Waals surface area contributed by atoms with Gasteiger partial charge >= 0.3 is 0 Å². The minimum absolute atomic E-state index is 0.260. The van der Waals surface area contributed by atoms with E-state index in [-0.39, 0.29) is 17.6 Å². The number of pyridine rings is 1. The number of halogens is 1. The molecule has 2 aromatic carbocycles. The molecule has 0 spiro atoms. The summed E-state index contributed by atoms with van der Waals surface area (Å²) in [7, 11) is 1.56. The zero-order valence-electron chi connectivity index (χ0n) is 16.2. The summed E-state index contributed by atoms with van der Waals surface area (Å²) in [5, 5.41) is 6.03. The molecule has 2 amide bonds. The molecule has 1 aliphatic rings. The van der Waals surface area contributed by atoms with Crippen molar-refractivity contribution >= 4 is 40.2 Å². The normalized spacial score (nSPS) is 18.7. The predicted octanol–water partition coefficient (Wildman–Crippen LogP) is 3.16. The molecular weight excluding hydrogens is 405 g/mol. The van der Waals surface area contributed by atoms with Crippen LogP contribution in [-0.4, -0.2) is 41.0 Å². The van der Waals surface area contributed by atoms with Crippen LogP contribution in [0.15, 0.2) is 54.6 Å². The minimum atomic E-state index is -0.649. The fourth-order valence-corrected chi connectivity index (χ4v) is 4.45. The first kappa shape index (κ1) is 20.2. The molecule has 30 heavy (non-hydrogen) atoms. The van der Waals surface area contributed by atoms with E-state index in [9.17, 15) is 14.0 Å². The van der Waals surface area contributed by atoms with Crippen molar-refractivity contribution in [1.29, 1.82) is 0 Å². The molecule has 0 saturated carbocycles. The maximum absolute atomic E-state index is 13.9. The number of carbonyl (C=O) groups excluding carboxylic acids is 2. The molecule has 0 aliphatic carbocycles. The molecular formula is C22H20FN3O3S. The number of ether oxygens (including phenoxy) is 1. The van der Waals surface area contributed by atoms with Crippen molar-refractivity contribution in [1.82, 2.24) is 10.3 Å². The Balaban J connectivity index is 1.38. The van der Waals surface area contributed by atoms with Crippen molar-refractivity contribution in [3.63, 3.8) is 0 Å². The van der Waals surface area contributed by atoms with Gasteiger partial charge in [-0.3, -0.25) is 9.59 Å². The van der Waals surface area contributed by atoms with E-state index in [0.717, 1.165) is 10.9 Å². The van der Waals surface area contributed by atoms with E-state index in [2.05, 4.69) is 15.6 Å². The third-order valence-corrected chi connectivity index (χ3v) is 6.20. The number of amides is 2. The van der Waals surface area contributed by atoms with Crippen molar-refractivity contribution < 1.29 is 18.7 Å². The van der Waals surface area contributed by atoms with Gasteiger partial charge in [0.25, 0.3) is 0 Å². The van der Waals surface area contributed by atoms with Crippen LogP contribution in [0.25, 0.3) is 10.9 Å². The maximum atomic E-state index is 13.9. The average Bonchev–Trinajstić information content (AvgIpc) is 2.76. The maximum Gasteiger partial charge on any atom is 0.247 e. The smallest absolute Gasteiger partial charge is 0.247 e. The Hall–Kier alpha value is -3.13. The van der Waals surface area contributed by atoms with Gasteiger partial charge in [-0.25, -0.2) is 9.37 Å². The third-order valence-electron chi connectivity index (χ3n) is 4.89. The minimum Gasteiger partial charge on any atom is -0.481 e. The molecule has 0 bridgehead atoms. The van der Waals surface area contributed by atoms with Gasteiger partial charge < -0.3 is 15.4 Å². The summed E-state index contributed by atoms with van der Waals surface area (Å²) in [4.78, 5) is 29.4. The lowest BCUT2D eigenvalue weighted by Crippen LogP contribution is -2.52. The zero-order chi connectivity index (χ0) is 21.1. The largest absolute Gasteiger partial charge is 0.481 e. The molecule has 2 heterocycles. The van der Waals surface area contributed by atoms with Gasteiger partial charge in [0.2, 0.25) is 17.7 Å². The zero-order valence-corrected chi connectivity index (χ0v) is 17.0. The summed E-state index contributed by atoms with van der Waals surface area (Å²) >= 11 is 1.37. The van der Waals surface area contributed by atoms with E-state index in [1.54, 1.807) is 43.5 Å². The number of hydrogen-bond acceptors (Lipinski definition) is 5. The highest BCUT2D eigenvalue weighted by Gasteiger charge is 2.32. The topological polar surface area (TPSA) is 80.3 Å². The van der Waals surface area contributed by atoms with Crippen LogP contribution in [0.3, 0.4) is 0 Å². The SMILES string of the molecule is COc1ccc2cc(NC(=O)[C@H]3CS[C@H](Cc4ccccc4F)C(=O)N3)ccc2n1. The number of methoxy groups -OCH3 is 1. The van der Waals surface area contributed by atoms with E-state index in [0.29, 0.717) is 29.3 Å². The van der Waals surface area contributed by atoms with Crippen LogP contribution in [0.4, 0.5) is 10.1 Å². The number of hydrogen-bond donors (Lipinski definition) is 2. The first-order valence-corrected chi connectivity index (χ1v) is 10.5. The van der Waals surface area contributed by atoms with Gasteiger partial charge in [-0.2, -0.15) is 0 Å². The highest BCUT2D eigenvalue weighted by molar-refractivity contribution is 8.00. The van der Waals surface area contributed by atoms with Crippen molar-refractivity contribution in [2.45, 2.75) is 17.7 Å². The Labute approximate surface area is 177 Å². The van der Waals surface area contributed by atoms with Crippen LogP contribution in [0.2, 0.25) is 0 Å². The summed E-state index contributed by atoms with van der Waals surface area (Å²) in [5.74, 6) is 0.0639. The van der Waals surface area contributed by atoms with Gasteiger partial charge in [0.1, 0.15) is 11.9 Å². The lowest BCUT2D eigenvalue weighted by atomic mass is 10.1.